The van der Waals surface area contributed by atoms with Crippen LogP contribution in [0.25, 0.3) is 15.7 Å². The summed E-state index contributed by atoms with van der Waals surface area (Å²) in [4.78, 5) is 8.67. The number of nitrogens with zero attached hydrogens (tertiary/aromatic N) is 4. The molecule has 0 saturated carbocycles. The molecule has 1 aliphatic carbocycles. The highest BCUT2D eigenvalue weighted by Gasteiger charge is 2.43. The Bertz CT molecular complexity index is 1830. The molecule has 4 rings (SSSR count). The number of nitriles is 1. The van der Waals surface area contributed by atoms with E-state index in [1.807, 2.05) is 36.6 Å². The number of thiophene rings is 1. The highest BCUT2D eigenvalue weighted by Crippen LogP contribution is 2.49. The first-order valence-corrected chi connectivity index (χ1v) is 18.7. The van der Waals surface area contributed by atoms with Crippen LogP contribution in [0.3, 0.4) is 0 Å². The van der Waals surface area contributed by atoms with Crippen LogP contribution in [-0.4, -0.2) is 66.7 Å². The predicted molar refractivity (Wildman–Crippen MR) is 199 cm³/mol. The van der Waals surface area contributed by atoms with Gasteiger partial charge >= 0.3 is 6.18 Å². The van der Waals surface area contributed by atoms with Gasteiger partial charge in [-0.1, -0.05) is 54.5 Å². The van der Waals surface area contributed by atoms with Crippen molar-refractivity contribution in [3.05, 3.63) is 75.2 Å². The molecule has 12 heteroatoms. The van der Waals surface area contributed by atoms with Gasteiger partial charge in [0, 0.05) is 52.8 Å². The van der Waals surface area contributed by atoms with E-state index in [4.69, 9.17) is 4.74 Å². The van der Waals surface area contributed by atoms with Crippen LogP contribution in [0.1, 0.15) is 96.6 Å². The molecule has 5 nitrogen and oxygen atoms in total. The first-order valence-electron chi connectivity index (χ1n) is 17.9. The third kappa shape index (κ3) is 8.62. The lowest BCUT2D eigenvalue weighted by atomic mass is 9.84. The average molecular weight is 749 g/mol. The first-order chi connectivity index (χ1) is 24.3. The van der Waals surface area contributed by atoms with Gasteiger partial charge in [0.05, 0.1) is 15.8 Å². The molecule has 1 aliphatic heterocycles. The van der Waals surface area contributed by atoms with Gasteiger partial charge in [-0.3, -0.25) is 4.90 Å². The Morgan fingerprint density at radius 1 is 1.15 bits per heavy atom. The predicted octanol–water partition coefficient (Wildman–Crippen LogP) is 11.2. The van der Waals surface area contributed by atoms with Gasteiger partial charge < -0.3 is 9.64 Å². The summed E-state index contributed by atoms with van der Waals surface area (Å²) in [6.07, 6.45) is -3.33. The van der Waals surface area contributed by atoms with Crippen LogP contribution in [0.5, 0.6) is 0 Å². The zero-order valence-electron chi connectivity index (χ0n) is 31.5. The quantitative estimate of drug-likeness (QED) is 0.151. The number of allylic oxidation sites excluding steroid dienone is 6. The highest BCUT2D eigenvalue weighted by molar-refractivity contribution is 7.19. The molecule has 2 aliphatic rings. The maximum Gasteiger partial charge on any atom is 0.417 e. The van der Waals surface area contributed by atoms with Crippen molar-refractivity contribution >= 4 is 32.7 Å². The summed E-state index contributed by atoms with van der Waals surface area (Å²) in [5, 5.41) is 10.1. The number of benzene rings is 1. The maximum atomic E-state index is 17.4. The lowest BCUT2D eigenvalue weighted by molar-refractivity contribution is -0.0872. The van der Waals surface area contributed by atoms with Gasteiger partial charge in [0.1, 0.15) is 30.4 Å². The maximum absolute atomic E-state index is 17.4. The van der Waals surface area contributed by atoms with Crippen molar-refractivity contribution in [3.8, 4) is 6.07 Å². The van der Waals surface area contributed by atoms with Crippen molar-refractivity contribution in [1.29, 1.82) is 5.26 Å². The molecule has 0 bridgehead atoms. The van der Waals surface area contributed by atoms with Crippen LogP contribution in [-0.2, 0) is 4.74 Å². The molecular formula is C40H50F6N4OS. The number of aliphatic imine (C=N–C) groups is 1. The number of hydrogen-bond donors (Lipinski definition) is 0. The Morgan fingerprint density at radius 3 is 2.38 bits per heavy atom. The molecule has 284 valence electrons. The minimum absolute atomic E-state index is 0.00273. The monoisotopic (exact) mass is 748 g/mol. The van der Waals surface area contributed by atoms with Gasteiger partial charge in [-0.05, 0) is 74.8 Å². The number of likely N-dealkylation sites (N-methyl/N-ethyl adjacent to an activating group) is 1. The van der Waals surface area contributed by atoms with E-state index in [1.54, 1.807) is 27.8 Å². The molecule has 2 aromatic rings. The number of likely N-dealkylation sites (tertiary alicyclic amines) is 1. The van der Waals surface area contributed by atoms with E-state index < -0.39 is 40.8 Å². The van der Waals surface area contributed by atoms with Crippen LogP contribution in [0.15, 0.2) is 58.3 Å². The first kappa shape index (κ1) is 41.2. The Labute approximate surface area is 308 Å². The van der Waals surface area contributed by atoms with Crippen molar-refractivity contribution < 1.29 is 31.1 Å². The van der Waals surface area contributed by atoms with Crippen molar-refractivity contribution in [2.45, 2.75) is 105 Å². The molecule has 1 aromatic heterocycles. The van der Waals surface area contributed by atoms with Crippen LogP contribution < -0.4 is 0 Å². The number of fused-ring (bicyclic) bond motifs is 1. The van der Waals surface area contributed by atoms with Gasteiger partial charge in [-0.25, -0.2) is 18.2 Å². The highest BCUT2D eigenvalue weighted by atomic mass is 32.1. The van der Waals surface area contributed by atoms with Crippen LogP contribution >= 0.6 is 11.3 Å². The van der Waals surface area contributed by atoms with Crippen LogP contribution in [0.4, 0.5) is 26.3 Å². The second-order valence-electron chi connectivity index (χ2n) is 14.8. The Kier molecular flexibility index (Phi) is 13.2. The fourth-order valence-electron chi connectivity index (χ4n) is 7.18. The van der Waals surface area contributed by atoms with Gasteiger partial charge in [-0.15, -0.1) is 11.3 Å². The van der Waals surface area contributed by atoms with E-state index in [9.17, 15) is 9.65 Å². The average Bonchev–Trinajstić information content (AvgIpc) is 3.64. The van der Waals surface area contributed by atoms with Crippen molar-refractivity contribution in [2.24, 2.45) is 16.8 Å². The van der Waals surface area contributed by atoms with Crippen LogP contribution in [0, 0.1) is 29.0 Å². The summed E-state index contributed by atoms with van der Waals surface area (Å²) in [7, 11) is 1.78. The summed E-state index contributed by atoms with van der Waals surface area (Å²) < 4.78 is 98.3. The smallest absolute Gasteiger partial charge is 0.417 e. The van der Waals surface area contributed by atoms with Crippen molar-refractivity contribution in [3.63, 3.8) is 0 Å². The second-order valence-corrected chi connectivity index (χ2v) is 15.8. The van der Waals surface area contributed by atoms with Crippen LogP contribution in [0.2, 0.25) is 0 Å². The molecule has 1 saturated heterocycles. The number of halogens is 6. The van der Waals surface area contributed by atoms with E-state index in [1.165, 1.54) is 0 Å². The molecule has 0 radical (unpaired) electrons. The van der Waals surface area contributed by atoms with E-state index in [2.05, 4.69) is 25.4 Å². The molecular weight excluding hydrogens is 699 g/mol. The Hall–Kier alpha value is -3.56. The third-order valence-electron chi connectivity index (χ3n) is 10.1. The summed E-state index contributed by atoms with van der Waals surface area (Å²) in [5.41, 5.74) is -2.57. The zero-order chi connectivity index (χ0) is 38.8. The van der Waals surface area contributed by atoms with E-state index in [0.717, 1.165) is 42.4 Å². The van der Waals surface area contributed by atoms with Crippen molar-refractivity contribution in [2.75, 3.05) is 26.7 Å². The molecule has 52 heavy (non-hydrogen) atoms. The molecule has 0 N–H and O–H groups in total. The summed E-state index contributed by atoms with van der Waals surface area (Å²) in [6.45, 7) is 20.1. The largest absolute Gasteiger partial charge is 0.476 e. The number of rotatable bonds is 13. The van der Waals surface area contributed by atoms with Crippen molar-refractivity contribution in [1.82, 2.24) is 9.80 Å². The zero-order valence-corrected chi connectivity index (χ0v) is 32.3. The lowest BCUT2D eigenvalue weighted by Gasteiger charge is -2.36. The Morgan fingerprint density at radius 2 is 1.83 bits per heavy atom. The number of alkyl halides is 4. The minimum Gasteiger partial charge on any atom is -0.476 e. The SMILES string of the molecule is C=C(/N=C1/C(F)=C(c2ccc(F)c3sc(C(C)C)c(C#N)c23)C(C(F)(F)F)=C/C1=C(/C)N(C)C(CCC(C)C)C(C)C)OCC1CC(F)CN1CC. The number of hydrogen-bond acceptors (Lipinski definition) is 6. The van der Waals surface area contributed by atoms with Gasteiger partial charge in [0.15, 0.2) is 5.83 Å². The summed E-state index contributed by atoms with van der Waals surface area (Å²) >= 11 is 0.971. The van der Waals surface area contributed by atoms with E-state index in [-0.39, 0.29) is 76.2 Å². The van der Waals surface area contributed by atoms with Gasteiger partial charge in [-0.2, -0.15) is 18.4 Å². The van der Waals surface area contributed by atoms with E-state index >= 15 is 22.0 Å². The third-order valence-corrected chi connectivity index (χ3v) is 11.6. The van der Waals surface area contributed by atoms with Gasteiger partial charge in [0.2, 0.25) is 5.88 Å². The summed E-state index contributed by atoms with van der Waals surface area (Å²) in [6, 6.07) is 3.77. The molecule has 0 amide bonds. The molecule has 0 spiro atoms. The molecule has 3 atom stereocenters. The lowest BCUT2D eigenvalue weighted by Crippen LogP contribution is -2.36. The topological polar surface area (TPSA) is 51.9 Å². The van der Waals surface area contributed by atoms with E-state index in [0.29, 0.717) is 23.0 Å². The minimum atomic E-state index is -5.05. The Balaban J connectivity index is 2.00. The number of ether oxygens (including phenoxy) is 1. The normalized spacial score (nSPS) is 21.1. The molecule has 2 heterocycles. The fraction of sp³-hybridized carbons (Fsp3) is 0.550. The second kappa shape index (κ2) is 16.6. The fourth-order valence-corrected chi connectivity index (χ4v) is 8.36. The standard InChI is InChI=1S/C40H50F6N4OS/c1-11-50-19-26(41)16-27(50)20-51-25(9)48-37-29(24(8)49(10)33(22(4)5)15-12-21(2)3)17-31(40(44,45)46)35(36(37)43)28-13-14-32(42)39-34(28)30(18-47)38(52-39)23(6)7/h13-14,17,21-23,26-27,33H,9,11-12,15-16,19-20H2,1-8,10H3/b29-24+,48-37+. The molecule has 3 unspecified atom stereocenters. The molecule has 1 aromatic carbocycles. The summed E-state index contributed by atoms with van der Waals surface area (Å²) in [5.74, 6) is -2.02. The van der Waals surface area contributed by atoms with Gasteiger partial charge in [0.25, 0.3) is 0 Å². The molecule has 1 fully saturated rings.